The highest BCUT2D eigenvalue weighted by molar-refractivity contribution is 6.15. The fourth-order valence-electron chi connectivity index (χ4n) is 2.54. The Labute approximate surface area is 127 Å². The van der Waals surface area contributed by atoms with Crippen LogP contribution < -0.4 is 0 Å². The zero-order chi connectivity index (χ0) is 15.5. The Morgan fingerprint density at radius 1 is 0.727 bits per heavy atom. The molecule has 2 aromatic rings. The largest absolute Gasteiger partial charge is 0.289 e. The molecule has 0 atom stereocenters. The summed E-state index contributed by atoms with van der Waals surface area (Å²) < 4.78 is 27.3. The minimum Gasteiger partial charge on any atom is -0.289 e. The van der Waals surface area contributed by atoms with E-state index in [-0.39, 0.29) is 17.4 Å². The summed E-state index contributed by atoms with van der Waals surface area (Å²) in [6.45, 7) is 0. The van der Waals surface area contributed by atoms with Crippen molar-refractivity contribution >= 4 is 17.9 Å². The van der Waals surface area contributed by atoms with Crippen LogP contribution in [-0.2, 0) is 4.79 Å². The third-order valence-corrected chi connectivity index (χ3v) is 3.72. The predicted octanol–water partition coefficient (Wildman–Crippen LogP) is 4.79. The van der Waals surface area contributed by atoms with E-state index in [4.69, 9.17) is 0 Å². The first kappa shape index (κ1) is 14.4. The highest BCUT2D eigenvalue weighted by Gasteiger charge is 2.23. The fourth-order valence-corrected chi connectivity index (χ4v) is 2.54. The average molecular weight is 296 g/mol. The lowest BCUT2D eigenvalue weighted by atomic mass is 10.1. The molecule has 0 aromatic heterocycles. The Kier molecular flexibility index (Phi) is 3.96. The van der Waals surface area contributed by atoms with Crippen molar-refractivity contribution in [2.75, 3.05) is 0 Å². The molecule has 0 amide bonds. The standard InChI is InChI=1S/C19H14F2O/c20-17-7-3-1-5-13(17)11-15-9-10-16(19(15)22)12-14-6-2-4-8-18(14)21/h1-8,11-12H,9-10H2/b15-11+,16-12+. The van der Waals surface area contributed by atoms with Crippen LogP contribution in [0, 0.1) is 11.6 Å². The first-order valence-electron chi connectivity index (χ1n) is 7.10. The smallest absolute Gasteiger partial charge is 0.185 e. The Bertz CT molecular complexity index is 722. The van der Waals surface area contributed by atoms with Gasteiger partial charge in [-0.25, -0.2) is 8.78 Å². The molecule has 0 unspecified atom stereocenters. The molecule has 0 spiro atoms. The second-order valence-electron chi connectivity index (χ2n) is 5.21. The molecule has 1 aliphatic rings. The SMILES string of the molecule is O=C1/C(=C/c2ccccc2F)CC/C1=C\c1ccccc1F. The minimum atomic E-state index is -0.352. The fraction of sp³-hybridized carbons (Fsp3) is 0.105. The van der Waals surface area contributed by atoms with E-state index in [1.54, 1.807) is 48.6 Å². The lowest BCUT2D eigenvalue weighted by Gasteiger charge is -1.99. The van der Waals surface area contributed by atoms with Crippen molar-refractivity contribution in [3.05, 3.63) is 82.4 Å². The first-order chi connectivity index (χ1) is 10.6. The molecule has 0 radical (unpaired) electrons. The molecule has 0 heterocycles. The molecule has 0 bridgehead atoms. The van der Waals surface area contributed by atoms with Crippen molar-refractivity contribution in [2.45, 2.75) is 12.8 Å². The van der Waals surface area contributed by atoms with Gasteiger partial charge in [0.15, 0.2) is 5.78 Å². The molecule has 1 fully saturated rings. The number of carbonyl (C=O) groups excluding carboxylic acids is 1. The van der Waals surface area contributed by atoms with Crippen molar-refractivity contribution in [2.24, 2.45) is 0 Å². The van der Waals surface area contributed by atoms with Crippen LogP contribution in [0.25, 0.3) is 12.2 Å². The number of hydrogen-bond donors (Lipinski definition) is 0. The van der Waals surface area contributed by atoms with Crippen molar-refractivity contribution in [1.82, 2.24) is 0 Å². The van der Waals surface area contributed by atoms with Crippen LogP contribution in [0.4, 0.5) is 8.78 Å². The van der Waals surface area contributed by atoms with Crippen molar-refractivity contribution < 1.29 is 13.6 Å². The van der Waals surface area contributed by atoms with E-state index in [1.165, 1.54) is 12.1 Å². The molecule has 22 heavy (non-hydrogen) atoms. The molecule has 2 aromatic carbocycles. The quantitative estimate of drug-likeness (QED) is 0.728. The van der Waals surface area contributed by atoms with Crippen LogP contribution in [0.1, 0.15) is 24.0 Å². The second-order valence-corrected chi connectivity index (χ2v) is 5.21. The molecule has 0 aliphatic heterocycles. The highest BCUT2D eigenvalue weighted by Crippen LogP contribution is 2.30. The molecule has 110 valence electrons. The van der Waals surface area contributed by atoms with E-state index in [9.17, 15) is 13.6 Å². The lowest BCUT2D eigenvalue weighted by molar-refractivity contribution is -0.111. The van der Waals surface area contributed by atoms with Crippen molar-refractivity contribution in [3.8, 4) is 0 Å². The van der Waals surface area contributed by atoms with E-state index in [2.05, 4.69) is 0 Å². The number of halogens is 2. The molecule has 1 saturated carbocycles. The number of rotatable bonds is 2. The topological polar surface area (TPSA) is 17.1 Å². The average Bonchev–Trinajstić information content (AvgIpc) is 2.85. The minimum absolute atomic E-state index is 0.133. The predicted molar refractivity (Wildman–Crippen MR) is 83.0 cm³/mol. The summed E-state index contributed by atoms with van der Waals surface area (Å²) in [6.07, 6.45) is 4.26. The second kappa shape index (κ2) is 6.06. The van der Waals surface area contributed by atoms with Crippen LogP contribution in [0.2, 0.25) is 0 Å². The van der Waals surface area contributed by atoms with Gasteiger partial charge in [0.25, 0.3) is 0 Å². The van der Waals surface area contributed by atoms with Gasteiger partial charge in [-0.3, -0.25) is 4.79 Å². The van der Waals surface area contributed by atoms with E-state index >= 15 is 0 Å². The molecule has 3 rings (SSSR count). The first-order valence-corrected chi connectivity index (χ1v) is 7.10. The monoisotopic (exact) mass is 296 g/mol. The van der Waals surface area contributed by atoms with Crippen LogP contribution in [0.5, 0.6) is 0 Å². The Morgan fingerprint density at radius 3 is 1.55 bits per heavy atom. The van der Waals surface area contributed by atoms with Crippen LogP contribution in [-0.4, -0.2) is 5.78 Å². The summed E-state index contributed by atoms with van der Waals surface area (Å²) in [5.74, 6) is -0.838. The lowest BCUT2D eigenvalue weighted by Crippen LogP contribution is -1.96. The Balaban J connectivity index is 1.90. The van der Waals surface area contributed by atoms with Gasteiger partial charge in [-0.2, -0.15) is 0 Å². The van der Waals surface area contributed by atoms with Gasteiger partial charge in [0, 0.05) is 22.3 Å². The maximum atomic E-state index is 13.6. The van der Waals surface area contributed by atoms with Gasteiger partial charge in [-0.05, 0) is 37.1 Å². The molecule has 1 nitrogen and oxygen atoms in total. The normalized spacial score (nSPS) is 18.4. The van der Waals surface area contributed by atoms with Crippen LogP contribution in [0.3, 0.4) is 0 Å². The van der Waals surface area contributed by atoms with Gasteiger partial charge in [-0.15, -0.1) is 0 Å². The zero-order valence-electron chi connectivity index (χ0n) is 11.9. The summed E-state index contributed by atoms with van der Waals surface area (Å²) in [4.78, 5) is 12.4. The summed E-state index contributed by atoms with van der Waals surface area (Å²) >= 11 is 0. The van der Waals surface area contributed by atoms with E-state index < -0.39 is 0 Å². The van der Waals surface area contributed by atoms with Gasteiger partial charge >= 0.3 is 0 Å². The molecular weight excluding hydrogens is 282 g/mol. The van der Waals surface area contributed by atoms with Gasteiger partial charge in [-0.1, -0.05) is 36.4 Å². The Hall–Kier alpha value is -2.55. The maximum Gasteiger partial charge on any atom is 0.185 e. The van der Waals surface area contributed by atoms with E-state index in [0.717, 1.165) is 0 Å². The van der Waals surface area contributed by atoms with Crippen molar-refractivity contribution in [3.63, 3.8) is 0 Å². The van der Waals surface area contributed by atoms with Crippen LogP contribution >= 0.6 is 0 Å². The molecule has 0 saturated heterocycles. The number of hydrogen-bond acceptors (Lipinski definition) is 1. The van der Waals surface area contributed by atoms with Gasteiger partial charge < -0.3 is 0 Å². The summed E-state index contributed by atoms with van der Waals surface area (Å²) in [5, 5.41) is 0. The zero-order valence-corrected chi connectivity index (χ0v) is 11.9. The number of Topliss-reactive ketones (excluding diaryl/α,β-unsaturated/α-hetero) is 1. The van der Waals surface area contributed by atoms with Gasteiger partial charge in [0.1, 0.15) is 11.6 Å². The van der Waals surface area contributed by atoms with E-state index in [1.807, 2.05) is 0 Å². The number of ketones is 1. The number of allylic oxidation sites excluding steroid dienone is 2. The Morgan fingerprint density at radius 2 is 1.14 bits per heavy atom. The number of benzene rings is 2. The van der Waals surface area contributed by atoms with Crippen LogP contribution in [0.15, 0.2) is 59.7 Å². The molecule has 1 aliphatic carbocycles. The van der Waals surface area contributed by atoms with Gasteiger partial charge in [0.05, 0.1) is 0 Å². The summed E-state index contributed by atoms with van der Waals surface area (Å²) in [5.41, 5.74) is 1.93. The van der Waals surface area contributed by atoms with Gasteiger partial charge in [0.2, 0.25) is 0 Å². The molecule has 3 heteroatoms. The summed E-state index contributed by atoms with van der Waals surface area (Å²) in [7, 11) is 0. The van der Waals surface area contributed by atoms with E-state index in [0.29, 0.717) is 35.1 Å². The highest BCUT2D eigenvalue weighted by atomic mass is 19.1. The third-order valence-electron chi connectivity index (χ3n) is 3.72. The van der Waals surface area contributed by atoms with Crippen molar-refractivity contribution in [1.29, 1.82) is 0 Å². The summed E-state index contributed by atoms with van der Waals surface area (Å²) in [6, 6.07) is 12.7. The maximum absolute atomic E-state index is 13.6. The number of carbonyl (C=O) groups is 1. The molecular formula is C19H14F2O. The third kappa shape index (κ3) is 2.89. The molecule has 0 N–H and O–H groups in total.